The number of benzene rings is 3. The van der Waals surface area contributed by atoms with Crippen LogP contribution < -0.4 is 5.73 Å². The van der Waals surface area contributed by atoms with Crippen molar-refractivity contribution in [3.05, 3.63) is 60.7 Å². The molecular weight excluding hydrogens is 337 g/mol. The first-order valence-corrected chi connectivity index (χ1v) is 8.16. The van der Waals surface area contributed by atoms with Gasteiger partial charge in [0.1, 0.15) is 0 Å². The molecule has 0 saturated heterocycles. The van der Waals surface area contributed by atoms with Crippen molar-refractivity contribution in [1.82, 2.24) is 0 Å². The van der Waals surface area contributed by atoms with Crippen molar-refractivity contribution in [2.24, 2.45) is 10.2 Å². The van der Waals surface area contributed by atoms with Gasteiger partial charge in [-0.15, -0.1) is 5.11 Å². The molecule has 0 heterocycles. The fourth-order valence-electron chi connectivity index (χ4n) is 2.21. The van der Waals surface area contributed by atoms with Gasteiger partial charge in [-0.25, -0.2) is 0 Å². The van der Waals surface area contributed by atoms with E-state index in [2.05, 4.69) is 10.2 Å². The maximum Gasteiger partial charge on any atom is 0.294 e. The number of nitrogens with zero attached hydrogens (tertiary/aromatic N) is 2. The van der Waals surface area contributed by atoms with E-state index >= 15 is 0 Å². The van der Waals surface area contributed by atoms with Crippen LogP contribution in [0.4, 0.5) is 17.1 Å². The van der Waals surface area contributed by atoms with Crippen LogP contribution in [0.15, 0.2) is 75.8 Å². The van der Waals surface area contributed by atoms with Crippen molar-refractivity contribution >= 4 is 67.5 Å². The molecule has 117 valence electrons. The zero-order chi connectivity index (χ0) is 16.4. The summed E-state index contributed by atoms with van der Waals surface area (Å²) in [5.41, 5.74) is 7.52. The van der Waals surface area contributed by atoms with Crippen LogP contribution in [0.5, 0.6) is 0 Å². The van der Waals surface area contributed by atoms with Gasteiger partial charge in [0, 0.05) is 46.0 Å². The van der Waals surface area contributed by atoms with Crippen LogP contribution >= 0.6 is 0 Å². The maximum absolute atomic E-state index is 11.1. The van der Waals surface area contributed by atoms with E-state index in [0.29, 0.717) is 17.1 Å². The Labute approximate surface area is 161 Å². The molecule has 0 fully saturated rings. The molecule has 3 rings (SSSR count). The van der Waals surface area contributed by atoms with Crippen LogP contribution in [-0.2, 0) is 10.1 Å². The molecule has 1 radical (unpaired) electrons. The van der Waals surface area contributed by atoms with E-state index < -0.39 is 10.1 Å². The summed E-state index contributed by atoms with van der Waals surface area (Å²) in [6.07, 6.45) is 0. The van der Waals surface area contributed by atoms with E-state index in [1.165, 1.54) is 18.2 Å². The van der Waals surface area contributed by atoms with Gasteiger partial charge >= 0.3 is 0 Å². The number of fused-ring (bicyclic) bond motifs is 1. The van der Waals surface area contributed by atoms with E-state index in [1.807, 2.05) is 24.3 Å². The monoisotopic (exact) mass is 350 g/mol. The third kappa shape index (κ3) is 4.00. The number of nitrogens with two attached hydrogens (primary N) is 1. The molecule has 0 bridgehead atoms. The Balaban J connectivity index is 0.00000208. The van der Waals surface area contributed by atoms with Gasteiger partial charge in [-0.1, -0.05) is 30.3 Å². The molecule has 0 atom stereocenters. The Morgan fingerprint density at radius 1 is 0.875 bits per heavy atom. The van der Waals surface area contributed by atoms with Crippen LogP contribution in [0.25, 0.3) is 10.8 Å². The summed E-state index contributed by atoms with van der Waals surface area (Å²) in [7, 11) is -4.27. The molecule has 3 aromatic rings. The molecule has 0 amide bonds. The number of anilines is 1. The smallest absolute Gasteiger partial charge is 0.294 e. The predicted octanol–water partition coefficient (Wildman–Crippen LogP) is 3.70. The Morgan fingerprint density at radius 2 is 1.58 bits per heavy atom. The summed E-state index contributed by atoms with van der Waals surface area (Å²) >= 11 is 0. The Kier molecular flexibility index (Phi) is 5.74. The van der Waals surface area contributed by atoms with E-state index in [1.54, 1.807) is 18.2 Å². The maximum atomic E-state index is 11.1. The third-order valence-electron chi connectivity index (χ3n) is 3.32. The van der Waals surface area contributed by atoms with Crippen LogP contribution in [0.3, 0.4) is 0 Å². The molecule has 24 heavy (non-hydrogen) atoms. The zero-order valence-corrected chi connectivity index (χ0v) is 15.7. The van der Waals surface area contributed by atoms with Crippen molar-refractivity contribution in [2.75, 3.05) is 5.73 Å². The van der Waals surface area contributed by atoms with Crippen molar-refractivity contribution in [3.63, 3.8) is 0 Å². The van der Waals surface area contributed by atoms with Gasteiger partial charge in [0.2, 0.25) is 0 Å². The third-order valence-corrected chi connectivity index (χ3v) is 4.17. The van der Waals surface area contributed by atoms with Gasteiger partial charge in [0.25, 0.3) is 10.1 Å². The number of hydrogen-bond acceptors (Lipinski definition) is 5. The first-order chi connectivity index (χ1) is 10.9. The number of hydrogen-bond donors (Lipinski definition) is 2. The molecule has 0 aliphatic carbocycles. The minimum absolute atomic E-state index is 0. The second-order valence-corrected chi connectivity index (χ2v) is 6.31. The quantitative estimate of drug-likeness (QED) is 0.325. The first kappa shape index (κ1) is 18.6. The van der Waals surface area contributed by atoms with Crippen LogP contribution in [0.2, 0.25) is 0 Å². The minimum atomic E-state index is -4.27. The van der Waals surface area contributed by atoms with Gasteiger partial charge in [-0.3, -0.25) is 4.55 Å². The molecule has 0 aliphatic heterocycles. The fourth-order valence-corrected chi connectivity index (χ4v) is 2.73. The fraction of sp³-hybridized carbons (Fsp3) is 0. The number of rotatable bonds is 3. The topological polar surface area (TPSA) is 105 Å². The summed E-state index contributed by atoms with van der Waals surface area (Å²) in [5, 5.41) is 9.92. The Hall–Kier alpha value is -1.77. The standard InChI is InChI=1S/C16H13N3O3S.Na/c17-15-8-9-16(14-7-2-1-6-13(14)15)19-18-11-4-3-5-12(10-11)23(20,21)22;/h1-10H,17H2,(H,20,21,22);. The molecule has 3 aromatic carbocycles. The SMILES string of the molecule is Nc1ccc(N=Nc2cccc(S(=O)(=O)O)c2)c2ccccc12.[Na]. The van der Waals surface area contributed by atoms with E-state index in [-0.39, 0.29) is 34.5 Å². The van der Waals surface area contributed by atoms with Gasteiger partial charge in [-0.05, 0) is 30.3 Å². The second kappa shape index (κ2) is 7.42. The van der Waals surface area contributed by atoms with Crippen LogP contribution in [0, 0.1) is 0 Å². The zero-order valence-electron chi connectivity index (χ0n) is 12.9. The van der Waals surface area contributed by atoms with E-state index in [4.69, 9.17) is 10.3 Å². The normalized spacial score (nSPS) is 11.5. The van der Waals surface area contributed by atoms with Crippen molar-refractivity contribution in [2.45, 2.75) is 4.90 Å². The Morgan fingerprint density at radius 3 is 2.29 bits per heavy atom. The summed E-state index contributed by atoms with van der Waals surface area (Å²) in [6.45, 7) is 0. The summed E-state index contributed by atoms with van der Waals surface area (Å²) in [5.74, 6) is 0. The molecule has 0 aromatic heterocycles. The molecule has 0 saturated carbocycles. The summed E-state index contributed by atoms with van der Waals surface area (Å²) < 4.78 is 31.3. The average molecular weight is 350 g/mol. The minimum Gasteiger partial charge on any atom is -0.398 e. The predicted molar refractivity (Wildman–Crippen MR) is 94.5 cm³/mol. The Bertz CT molecular complexity index is 1020. The van der Waals surface area contributed by atoms with E-state index in [9.17, 15) is 8.42 Å². The van der Waals surface area contributed by atoms with Crippen molar-refractivity contribution in [1.29, 1.82) is 0 Å². The van der Waals surface area contributed by atoms with Gasteiger partial charge in [0.15, 0.2) is 0 Å². The molecular formula is C16H13N3NaO3S. The molecule has 0 unspecified atom stereocenters. The van der Waals surface area contributed by atoms with Gasteiger partial charge in [-0.2, -0.15) is 13.5 Å². The average Bonchev–Trinajstić information content (AvgIpc) is 2.54. The molecule has 0 spiro atoms. The summed E-state index contributed by atoms with van der Waals surface area (Å²) in [4.78, 5) is -0.226. The first-order valence-electron chi connectivity index (χ1n) is 6.72. The van der Waals surface area contributed by atoms with Crippen LogP contribution in [0.1, 0.15) is 0 Å². The van der Waals surface area contributed by atoms with Crippen LogP contribution in [-0.4, -0.2) is 42.5 Å². The second-order valence-electron chi connectivity index (χ2n) is 4.89. The van der Waals surface area contributed by atoms with Crippen molar-refractivity contribution < 1.29 is 13.0 Å². The summed E-state index contributed by atoms with van der Waals surface area (Å²) in [6, 6.07) is 16.6. The van der Waals surface area contributed by atoms with Gasteiger partial charge < -0.3 is 5.73 Å². The largest absolute Gasteiger partial charge is 0.398 e. The van der Waals surface area contributed by atoms with Gasteiger partial charge in [0.05, 0.1) is 16.3 Å². The molecule has 0 aliphatic rings. The number of nitrogen functional groups attached to an aromatic ring is 1. The number of azo groups is 1. The molecule has 3 N–H and O–H groups in total. The molecule has 6 nitrogen and oxygen atoms in total. The van der Waals surface area contributed by atoms with E-state index in [0.717, 1.165) is 10.8 Å². The molecule has 8 heteroatoms. The van der Waals surface area contributed by atoms with Crippen molar-refractivity contribution in [3.8, 4) is 0 Å².